The number of imide groups is 2. The van der Waals surface area contributed by atoms with Crippen molar-refractivity contribution in [2.45, 2.75) is 44.0 Å². The zero-order chi connectivity index (χ0) is 46.3. The van der Waals surface area contributed by atoms with Gasteiger partial charge in [0.1, 0.15) is 34.5 Å². The second kappa shape index (κ2) is 15.0. The lowest BCUT2D eigenvalue weighted by Gasteiger charge is -2.39. The summed E-state index contributed by atoms with van der Waals surface area (Å²) < 4.78 is 102. The number of hydrogen-bond donors (Lipinski definition) is 2. The lowest BCUT2D eigenvalue weighted by molar-refractivity contribution is -0.288. The molecule has 2 heterocycles. The van der Waals surface area contributed by atoms with Gasteiger partial charge in [-0.3, -0.25) is 24.1 Å². The summed E-state index contributed by atoms with van der Waals surface area (Å²) in [7, 11) is 1.41. The van der Waals surface area contributed by atoms with Gasteiger partial charge in [0, 0.05) is 12.5 Å². The number of carbonyl (C=O) groups excluding carboxylic acids is 4. The number of aryl methyl sites for hydroxylation is 1. The molecule has 2 aliphatic heterocycles. The Morgan fingerprint density at radius 2 is 0.859 bits per heavy atom. The Bertz CT molecular complexity index is 2910. The fourth-order valence-corrected chi connectivity index (χ4v) is 8.03. The van der Waals surface area contributed by atoms with Gasteiger partial charge in [-0.25, -0.2) is 4.90 Å². The molecule has 0 fully saturated rings. The summed E-state index contributed by atoms with van der Waals surface area (Å²) in [6.45, 7) is 5.13. The summed E-state index contributed by atoms with van der Waals surface area (Å²) in [6.07, 6.45) is -12.1. The van der Waals surface area contributed by atoms with Gasteiger partial charge in [0.05, 0.1) is 27.9 Å². The summed E-state index contributed by atoms with van der Waals surface area (Å²) in [5, 5.41) is 20.7. The molecule has 0 saturated heterocycles. The van der Waals surface area contributed by atoms with E-state index in [1.807, 2.05) is 38.1 Å². The van der Waals surface area contributed by atoms with Gasteiger partial charge >= 0.3 is 12.4 Å². The number of phenolic OH excluding ortho intramolecular Hbond substituents is 2. The van der Waals surface area contributed by atoms with Gasteiger partial charge in [0.25, 0.3) is 23.6 Å². The molecule has 2 N–H and O–H groups in total. The van der Waals surface area contributed by atoms with Crippen LogP contribution in [0.25, 0.3) is 0 Å². The van der Waals surface area contributed by atoms with E-state index in [0.717, 1.165) is 23.0 Å². The maximum atomic E-state index is 14.9. The number of halogens is 6. The first-order valence-electron chi connectivity index (χ1n) is 19.4. The molecule has 0 atom stereocenters. The maximum Gasteiger partial charge on any atom is 0.411 e. The molecule has 64 heavy (non-hydrogen) atoms. The number of amides is 4. The third-order valence-electron chi connectivity index (χ3n) is 11.7. The number of phenols is 2. The lowest BCUT2D eigenvalue weighted by Crippen LogP contribution is -2.54. The third-order valence-corrected chi connectivity index (χ3v) is 11.7. The van der Waals surface area contributed by atoms with E-state index in [9.17, 15) is 55.7 Å². The van der Waals surface area contributed by atoms with Gasteiger partial charge in [0.2, 0.25) is 5.41 Å². The van der Waals surface area contributed by atoms with Crippen molar-refractivity contribution in [3.63, 3.8) is 0 Å². The highest BCUT2D eigenvalue weighted by molar-refractivity contribution is 6.35. The van der Waals surface area contributed by atoms with Crippen molar-refractivity contribution < 1.29 is 65.2 Å². The second-order valence-electron chi connectivity index (χ2n) is 15.9. The molecule has 8 rings (SSSR count). The second-order valence-corrected chi connectivity index (χ2v) is 15.9. The average molecular weight is 881 g/mol. The third kappa shape index (κ3) is 6.85. The first-order valence-corrected chi connectivity index (χ1v) is 19.4. The van der Waals surface area contributed by atoms with Crippen molar-refractivity contribution in [3.8, 4) is 34.5 Å². The molecule has 0 radical (unpaired) electrons. The summed E-state index contributed by atoms with van der Waals surface area (Å²) in [6, 6.07) is 25.8. The van der Waals surface area contributed by atoms with Crippen LogP contribution in [-0.2, 0) is 10.8 Å². The fourth-order valence-electron chi connectivity index (χ4n) is 8.03. The molecule has 2 aliphatic rings. The Balaban J connectivity index is 1.01. The van der Waals surface area contributed by atoms with Crippen molar-refractivity contribution in [2.75, 3.05) is 11.9 Å². The van der Waals surface area contributed by atoms with Gasteiger partial charge in [-0.1, -0.05) is 56.3 Å². The molecule has 0 aliphatic carbocycles. The standard InChI is InChI=1S/C48H34F6N2O8/c1-25-21-28(9-19-39(25)57)46(47(49,50)51,48(52,53)54)29-10-20-40(58)38(22-29)56-43(61)35-18-16-33(24-37(35)44(56)62)64-31-13-7-27(8-14-31)45(2,3)26-5-11-30(12-6-26)63-32-15-17-34-36(23-32)42(60)55(4)41(34)59/h5-24,57-58H,1-4H3. The van der Waals surface area contributed by atoms with Crippen LogP contribution in [-0.4, -0.2) is 58.1 Å². The molecule has 0 saturated carbocycles. The molecule has 16 heteroatoms. The molecular formula is C48H34F6N2O8. The Morgan fingerprint density at radius 3 is 1.34 bits per heavy atom. The summed E-state index contributed by atoms with van der Waals surface area (Å²) in [5.74, 6) is -3.23. The fraction of sp³-hybridized carbons (Fsp3) is 0.167. The van der Waals surface area contributed by atoms with Crippen LogP contribution in [0.15, 0.2) is 121 Å². The van der Waals surface area contributed by atoms with E-state index < -0.39 is 69.2 Å². The van der Waals surface area contributed by atoms with E-state index in [1.165, 1.54) is 31.3 Å². The first-order chi connectivity index (χ1) is 30.0. The van der Waals surface area contributed by atoms with E-state index in [-0.39, 0.29) is 33.9 Å². The smallest absolute Gasteiger partial charge is 0.411 e. The normalized spacial score (nSPS) is 14.3. The molecule has 0 spiro atoms. The molecule has 6 aromatic rings. The van der Waals surface area contributed by atoms with E-state index >= 15 is 0 Å². The number of rotatable bonds is 9. The van der Waals surface area contributed by atoms with Crippen LogP contribution in [0.5, 0.6) is 34.5 Å². The minimum atomic E-state index is -6.04. The lowest BCUT2D eigenvalue weighted by atomic mass is 9.72. The van der Waals surface area contributed by atoms with Crippen molar-refractivity contribution in [2.24, 2.45) is 0 Å². The number of ether oxygens (including phenoxy) is 2. The zero-order valence-corrected chi connectivity index (χ0v) is 34.1. The number of hydrogen-bond acceptors (Lipinski definition) is 8. The van der Waals surface area contributed by atoms with E-state index in [1.54, 1.807) is 36.4 Å². The number of carbonyl (C=O) groups is 4. The predicted molar refractivity (Wildman–Crippen MR) is 219 cm³/mol. The highest BCUT2D eigenvalue weighted by Gasteiger charge is 2.72. The minimum absolute atomic E-state index is 0.0736. The van der Waals surface area contributed by atoms with E-state index in [4.69, 9.17) is 9.47 Å². The van der Waals surface area contributed by atoms with Crippen LogP contribution in [0, 0.1) is 6.92 Å². The summed E-state index contributed by atoms with van der Waals surface area (Å²) in [5.41, 5.74) is -7.30. The van der Waals surface area contributed by atoms with Crippen molar-refractivity contribution in [1.82, 2.24) is 4.90 Å². The number of benzene rings is 6. The van der Waals surface area contributed by atoms with Gasteiger partial charge in [-0.2, -0.15) is 26.3 Å². The maximum absolute atomic E-state index is 14.9. The first kappa shape index (κ1) is 43.0. The quantitative estimate of drug-likeness (QED) is 0.108. The molecule has 326 valence electrons. The highest BCUT2D eigenvalue weighted by Crippen LogP contribution is 2.57. The Hall–Kier alpha value is -7.62. The van der Waals surface area contributed by atoms with Gasteiger partial charge in [-0.15, -0.1) is 0 Å². The van der Waals surface area contributed by atoms with Gasteiger partial charge in [-0.05, 0) is 114 Å². The Labute approximate surface area is 360 Å². The summed E-state index contributed by atoms with van der Waals surface area (Å²) in [4.78, 5) is 53.4. The summed E-state index contributed by atoms with van der Waals surface area (Å²) >= 11 is 0. The van der Waals surface area contributed by atoms with Gasteiger partial charge in [0.15, 0.2) is 0 Å². The van der Waals surface area contributed by atoms with Crippen LogP contribution in [0.2, 0.25) is 0 Å². The highest BCUT2D eigenvalue weighted by atomic mass is 19.4. The molecule has 10 nitrogen and oxygen atoms in total. The number of aromatic hydroxyl groups is 2. The van der Waals surface area contributed by atoms with Gasteiger partial charge < -0.3 is 19.7 Å². The van der Waals surface area contributed by atoms with E-state index in [2.05, 4.69) is 0 Å². The van der Waals surface area contributed by atoms with Crippen molar-refractivity contribution in [3.05, 3.63) is 171 Å². The number of anilines is 1. The number of nitrogens with zero attached hydrogens (tertiary/aromatic N) is 2. The van der Waals surface area contributed by atoms with Crippen LogP contribution in [0.3, 0.4) is 0 Å². The monoisotopic (exact) mass is 880 g/mol. The Morgan fingerprint density at radius 1 is 0.469 bits per heavy atom. The van der Waals surface area contributed by atoms with Crippen LogP contribution >= 0.6 is 0 Å². The molecule has 0 aromatic heterocycles. The molecular weight excluding hydrogens is 847 g/mol. The SMILES string of the molecule is Cc1cc(C(c2ccc(O)c(N3C(=O)c4ccc(Oc5ccc(C(C)(C)c6ccc(Oc7ccc8c(c7)C(=O)N(C)C8=O)cc6)cc5)cc4C3=O)c2)(C(F)(F)F)C(F)(F)F)ccc1O. The molecule has 0 bridgehead atoms. The largest absolute Gasteiger partial charge is 0.508 e. The topological polar surface area (TPSA) is 134 Å². The van der Waals surface area contributed by atoms with Crippen LogP contribution in [0.1, 0.15) is 83.1 Å². The minimum Gasteiger partial charge on any atom is -0.508 e. The number of alkyl halides is 6. The predicted octanol–water partition coefficient (Wildman–Crippen LogP) is 10.8. The average Bonchev–Trinajstić information content (AvgIpc) is 3.61. The van der Waals surface area contributed by atoms with Crippen LogP contribution in [0.4, 0.5) is 32.0 Å². The molecule has 4 amide bonds. The van der Waals surface area contributed by atoms with Crippen LogP contribution < -0.4 is 14.4 Å². The molecule has 6 aromatic carbocycles. The zero-order valence-electron chi connectivity index (χ0n) is 34.1. The van der Waals surface area contributed by atoms with Crippen molar-refractivity contribution >= 4 is 29.3 Å². The Kier molecular flexibility index (Phi) is 10.1. The number of fused-ring (bicyclic) bond motifs is 2. The van der Waals surface area contributed by atoms with E-state index in [0.29, 0.717) is 64.1 Å². The molecule has 0 unspecified atom stereocenters. The van der Waals surface area contributed by atoms with Crippen molar-refractivity contribution in [1.29, 1.82) is 0 Å².